The van der Waals surface area contributed by atoms with E-state index < -0.39 is 18.5 Å². The van der Waals surface area contributed by atoms with E-state index in [0.717, 1.165) is 6.42 Å². The van der Waals surface area contributed by atoms with Crippen molar-refractivity contribution < 1.29 is 23.9 Å². The highest BCUT2D eigenvalue weighted by molar-refractivity contribution is 6.33. The summed E-state index contributed by atoms with van der Waals surface area (Å²) in [4.78, 5) is 51.7. The Morgan fingerprint density at radius 2 is 1.76 bits per heavy atom. The first-order chi connectivity index (χ1) is 15.8. The molecule has 7 nitrogen and oxygen atoms in total. The van der Waals surface area contributed by atoms with Gasteiger partial charge in [0.1, 0.15) is 0 Å². The van der Waals surface area contributed by atoms with E-state index >= 15 is 0 Å². The maximum absolute atomic E-state index is 13.0. The zero-order chi connectivity index (χ0) is 23.3. The van der Waals surface area contributed by atoms with Crippen molar-refractivity contribution in [1.82, 2.24) is 0 Å². The Balaban J connectivity index is 1.22. The molecule has 5 rings (SSSR count). The Morgan fingerprint density at radius 3 is 2.48 bits per heavy atom. The molecule has 8 heteroatoms. The van der Waals surface area contributed by atoms with Crippen LogP contribution in [0.5, 0.6) is 0 Å². The quantitative estimate of drug-likeness (QED) is 0.412. The van der Waals surface area contributed by atoms with Crippen molar-refractivity contribution in [2.24, 2.45) is 23.7 Å². The van der Waals surface area contributed by atoms with Crippen molar-refractivity contribution in [3.8, 4) is 0 Å². The van der Waals surface area contributed by atoms with Gasteiger partial charge < -0.3 is 10.1 Å². The number of hydrogen-bond donors (Lipinski definition) is 1. The Kier molecular flexibility index (Phi) is 5.29. The van der Waals surface area contributed by atoms with Crippen LogP contribution < -0.4 is 10.2 Å². The molecule has 2 bridgehead atoms. The zero-order valence-corrected chi connectivity index (χ0v) is 18.5. The molecule has 2 aliphatic carbocycles. The monoisotopic (exact) mass is 464 g/mol. The Hall–Kier alpha value is -3.45. The first kappa shape index (κ1) is 21.4. The molecule has 1 heterocycles. The average Bonchev–Trinajstić information content (AvgIpc) is 3.44. The van der Waals surface area contributed by atoms with Gasteiger partial charge in [0.15, 0.2) is 6.61 Å². The lowest BCUT2D eigenvalue weighted by Gasteiger charge is -2.19. The molecule has 2 fully saturated rings. The number of esters is 1. The number of amides is 3. The largest absolute Gasteiger partial charge is 0.452 e. The smallest absolute Gasteiger partial charge is 0.338 e. The second-order valence-electron chi connectivity index (χ2n) is 8.63. The van der Waals surface area contributed by atoms with E-state index in [9.17, 15) is 19.2 Å². The molecule has 0 aromatic heterocycles. The average molecular weight is 465 g/mol. The first-order valence-electron chi connectivity index (χ1n) is 10.7. The number of nitrogens with zero attached hydrogens (tertiary/aromatic N) is 1. The molecule has 168 valence electrons. The third-order valence-corrected chi connectivity index (χ3v) is 7.05. The van der Waals surface area contributed by atoms with Crippen LogP contribution in [0.1, 0.15) is 23.7 Å². The molecule has 1 aliphatic heterocycles. The maximum atomic E-state index is 13.0. The van der Waals surface area contributed by atoms with E-state index in [1.807, 2.05) is 6.92 Å². The summed E-state index contributed by atoms with van der Waals surface area (Å²) >= 11 is 6.00. The van der Waals surface area contributed by atoms with Crippen LogP contribution in [0, 0.1) is 23.7 Å². The minimum Gasteiger partial charge on any atom is -0.452 e. The number of fused-ring (bicyclic) bond motifs is 5. The van der Waals surface area contributed by atoms with Gasteiger partial charge in [0.05, 0.1) is 33.8 Å². The normalized spacial score (nSPS) is 25.2. The Labute approximate surface area is 195 Å². The van der Waals surface area contributed by atoms with Crippen LogP contribution in [0.25, 0.3) is 0 Å². The highest BCUT2D eigenvalue weighted by atomic mass is 35.5. The molecular weight excluding hydrogens is 444 g/mol. The van der Waals surface area contributed by atoms with Gasteiger partial charge in [-0.3, -0.25) is 19.3 Å². The minimum absolute atomic E-state index is 0.132. The molecule has 0 radical (unpaired) electrons. The number of ether oxygens (including phenoxy) is 1. The number of hydrogen-bond acceptors (Lipinski definition) is 5. The number of rotatable bonds is 5. The highest BCUT2D eigenvalue weighted by Crippen LogP contribution is 2.55. The molecule has 33 heavy (non-hydrogen) atoms. The van der Waals surface area contributed by atoms with Crippen molar-refractivity contribution in [2.75, 3.05) is 16.8 Å². The van der Waals surface area contributed by atoms with Gasteiger partial charge in [-0.1, -0.05) is 35.4 Å². The van der Waals surface area contributed by atoms with E-state index in [1.54, 1.807) is 36.4 Å². The molecule has 1 saturated carbocycles. The molecular formula is C25H21ClN2O5. The molecule has 1 N–H and O–H groups in total. The first-order valence-corrected chi connectivity index (χ1v) is 11.1. The Bertz CT molecular complexity index is 1210. The second kappa shape index (κ2) is 8.15. The van der Waals surface area contributed by atoms with E-state index in [2.05, 4.69) is 11.4 Å². The molecule has 3 amide bonds. The number of carbonyl (C=O) groups is 4. The lowest BCUT2D eigenvalue weighted by atomic mass is 9.82. The fraction of sp³-hybridized carbons (Fsp3) is 0.280. The minimum atomic E-state index is -0.690. The van der Waals surface area contributed by atoms with Crippen LogP contribution in [0.3, 0.4) is 0 Å². The van der Waals surface area contributed by atoms with Crippen molar-refractivity contribution >= 4 is 46.7 Å². The molecule has 0 unspecified atom stereocenters. The second-order valence-corrected chi connectivity index (χ2v) is 9.04. The highest BCUT2D eigenvalue weighted by Gasteiger charge is 2.60. The molecule has 4 atom stereocenters. The molecule has 2 aromatic rings. The summed E-state index contributed by atoms with van der Waals surface area (Å²) in [5, 5.41) is 2.95. The predicted molar refractivity (Wildman–Crippen MR) is 122 cm³/mol. The summed E-state index contributed by atoms with van der Waals surface area (Å²) in [5.41, 5.74) is 2.26. The predicted octanol–water partition coefficient (Wildman–Crippen LogP) is 3.84. The van der Waals surface area contributed by atoms with E-state index in [-0.39, 0.29) is 41.0 Å². The summed E-state index contributed by atoms with van der Waals surface area (Å²) in [6.07, 6.45) is 3.00. The standard InChI is InChI=1S/C25H21ClN2O5/c1-13-10-15-11-17(13)22-21(15)23(30)28(24(22)31)16-8-6-14(7-9-16)25(32)33-12-20(29)27-19-5-3-2-4-18(19)26/h2-10,15,17,21-22H,11-12H2,1H3,(H,27,29)/t15-,17+,21+,22-/m0/s1. The van der Waals surface area contributed by atoms with Crippen LogP contribution in [0.4, 0.5) is 11.4 Å². The lowest BCUT2D eigenvalue weighted by molar-refractivity contribution is -0.123. The van der Waals surface area contributed by atoms with E-state index in [1.165, 1.54) is 22.6 Å². The van der Waals surface area contributed by atoms with Crippen LogP contribution in [0.15, 0.2) is 60.2 Å². The Morgan fingerprint density at radius 1 is 1.06 bits per heavy atom. The van der Waals surface area contributed by atoms with Gasteiger partial charge in [0, 0.05) is 0 Å². The third-order valence-electron chi connectivity index (χ3n) is 6.72. The molecule has 0 spiro atoms. The topological polar surface area (TPSA) is 92.8 Å². The van der Waals surface area contributed by atoms with E-state index in [0.29, 0.717) is 16.4 Å². The maximum Gasteiger partial charge on any atom is 0.338 e. The van der Waals surface area contributed by atoms with Crippen molar-refractivity contribution in [2.45, 2.75) is 13.3 Å². The zero-order valence-electron chi connectivity index (χ0n) is 17.8. The SMILES string of the molecule is CC1=C[C@H]2C[C@H]1[C@@H]1C(=O)N(c3ccc(C(=O)OCC(=O)Nc4ccccc4Cl)cc3)C(=O)[C@@H]12. The van der Waals surface area contributed by atoms with Crippen LogP contribution in [-0.4, -0.2) is 30.3 Å². The summed E-state index contributed by atoms with van der Waals surface area (Å²) in [7, 11) is 0. The number of allylic oxidation sites excluding steroid dienone is 2. The molecule has 3 aliphatic rings. The number of carbonyl (C=O) groups excluding carboxylic acids is 4. The van der Waals surface area contributed by atoms with Gasteiger partial charge in [-0.2, -0.15) is 0 Å². The fourth-order valence-electron chi connectivity index (χ4n) is 5.24. The van der Waals surface area contributed by atoms with Crippen LogP contribution in [-0.2, 0) is 19.1 Å². The van der Waals surface area contributed by atoms with Crippen molar-refractivity contribution in [3.63, 3.8) is 0 Å². The van der Waals surface area contributed by atoms with Gasteiger partial charge in [0.2, 0.25) is 11.8 Å². The van der Waals surface area contributed by atoms with Crippen molar-refractivity contribution in [1.29, 1.82) is 0 Å². The number of nitrogens with one attached hydrogen (secondary N) is 1. The number of para-hydroxylation sites is 1. The number of benzene rings is 2. The van der Waals surface area contributed by atoms with Gasteiger partial charge in [0.25, 0.3) is 5.91 Å². The van der Waals surface area contributed by atoms with Gasteiger partial charge in [-0.05, 0) is 61.6 Å². The number of anilines is 2. The molecule has 1 saturated heterocycles. The van der Waals surface area contributed by atoms with Crippen LogP contribution in [0.2, 0.25) is 5.02 Å². The third kappa shape index (κ3) is 3.62. The summed E-state index contributed by atoms with van der Waals surface area (Å²) < 4.78 is 5.07. The van der Waals surface area contributed by atoms with Gasteiger partial charge >= 0.3 is 5.97 Å². The fourth-order valence-corrected chi connectivity index (χ4v) is 5.42. The van der Waals surface area contributed by atoms with Crippen LogP contribution >= 0.6 is 11.6 Å². The van der Waals surface area contributed by atoms with Gasteiger partial charge in [-0.15, -0.1) is 0 Å². The van der Waals surface area contributed by atoms with E-state index in [4.69, 9.17) is 16.3 Å². The van der Waals surface area contributed by atoms with Crippen molar-refractivity contribution in [3.05, 3.63) is 70.8 Å². The summed E-state index contributed by atoms with van der Waals surface area (Å²) in [6.45, 7) is 1.55. The summed E-state index contributed by atoms with van der Waals surface area (Å²) in [5.74, 6) is -1.85. The van der Waals surface area contributed by atoms with Gasteiger partial charge in [-0.25, -0.2) is 4.79 Å². The summed E-state index contributed by atoms with van der Waals surface area (Å²) in [6, 6.07) is 12.8. The lowest BCUT2D eigenvalue weighted by Crippen LogP contribution is -2.33. The number of imide groups is 1. The number of halogens is 1. The molecule has 2 aromatic carbocycles.